The third-order valence-electron chi connectivity index (χ3n) is 4.93. The Morgan fingerprint density at radius 2 is 1.84 bits per heavy atom. The van der Waals surface area contributed by atoms with Crippen molar-refractivity contribution in [1.29, 1.82) is 0 Å². The van der Waals surface area contributed by atoms with Crippen LogP contribution in [-0.2, 0) is 9.59 Å². The highest BCUT2D eigenvalue weighted by atomic mass is 32.2. The van der Waals surface area contributed by atoms with Gasteiger partial charge in [-0.25, -0.2) is 9.89 Å². The zero-order chi connectivity index (χ0) is 22.1. The molecule has 1 N–H and O–H groups in total. The number of hydrogen-bond donors (Lipinski definition) is 1. The van der Waals surface area contributed by atoms with Crippen LogP contribution in [0.4, 0.5) is 11.4 Å². The van der Waals surface area contributed by atoms with Crippen molar-refractivity contribution in [1.82, 2.24) is 4.90 Å². The number of para-hydroxylation sites is 1. The van der Waals surface area contributed by atoms with Crippen LogP contribution in [0, 0.1) is 0 Å². The number of fused-ring (bicyclic) bond motifs is 3. The number of amides is 2. The van der Waals surface area contributed by atoms with Gasteiger partial charge >= 0.3 is 0 Å². The van der Waals surface area contributed by atoms with Crippen LogP contribution >= 0.6 is 11.8 Å². The Hall–Kier alpha value is -3.33. The zero-order valence-corrected chi connectivity index (χ0v) is 18.4. The molecule has 0 aromatic heterocycles. The van der Waals surface area contributed by atoms with Gasteiger partial charge in [0.1, 0.15) is 23.4 Å². The molecule has 2 aromatic carbocycles. The van der Waals surface area contributed by atoms with Crippen molar-refractivity contribution in [2.75, 3.05) is 19.5 Å². The number of thioether (sulfide) groups is 1. The number of methoxy groups -OCH3 is 2. The minimum atomic E-state index is -0.522. The van der Waals surface area contributed by atoms with Crippen molar-refractivity contribution in [3.05, 3.63) is 48.0 Å². The molecule has 0 aliphatic carbocycles. The van der Waals surface area contributed by atoms with E-state index in [2.05, 4.69) is 15.3 Å². The van der Waals surface area contributed by atoms with E-state index in [9.17, 15) is 9.59 Å². The fraction of sp³-hybridized carbons (Fsp3) is 0.273. The Kier molecular flexibility index (Phi) is 5.69. The van der Waals surface area contributed by atoms with Crippen LogP contribution in [0.25, 0.3) is 0 Å². The number of amidine groups is 2. The van der Waals surface area contributed by atoms with E-state index in [0.29, 0.717) is 28.2 Å². The first-order valence-electron chi connectivity index (χ1n) is 9.71. The molecule has 4 rings (SSSR count). The summed E-state index contributed by atoms with van der Waals surface area (Å²) in [7, 11) is 3.09. The molecule has 31 heavy (non-hydrogen) atoms. The maximum atomic E-state index is 12.9. The summed E-state index contributed by atoms with van der Waals surface area (Å²) in [4.78, 5) is 36.3. The van der Waals surface area contributed by atoms with Gasteiger partial charge in [-0.05, 0) is 26.0 Å². The van der Waals surface area contributed by atoms with E-state index in [-0.39, 0.29) is 11.8 Å². The van der Waals surface area contributed by atoms with Crippen LogP contribution in [0.2, 0.25) is 0 Å². The average molecular weight is 439 g/mol. The van der Waals surface area contributed by atoms with Gasteiger partial charge in [0.2, 0.25) is 5.91 Å². The molecule has 0 bridgehead atoms. The standard InChI is InChI=1S/C22H22N4O4S/c1-12-21(28)26-19(23-12)17-7-5-6-8-18(17)25-22(26)31-13(2)20(27)24-14-9-15(29-3)11-16(10-14)30-4/h5-13H,1-4H3,(H,24,27)/t12-,13+/m1/s1. The van der Waals surface area contributed by atoms with Gasteiger partial charge in [-0.3, -0.25) is 14.6 Å². The van der Waals surface area contributed by atoms with Crippen LogP contribution in [-0.4, -0.2) is 53.2 Å². The molecule has 2 aliphatic heterocycles. The number of carbonyl (C=O) groups is 2. The second kappa shape index (κ2) is 8.43. The van der Waals surface area contributed by atoms with Crippen molar-refractivity contribution in [3.8, 4) is 11.5 Å². The highest BCUT2D eigenvalue weighted by Crippen LogP contribution is 2.35. The van der Waals surface area contributed by atoms with Crippen molar-refractivity contribution in [2.45, 2.75) is 25.1 Å². The predicted octanol–water partition coefficient (Wildman–Crippen LogP) is 3.44. The normalized spacial score (nSPS) is 17.9. The molecule has 0 saturated heterocycles. The Balaban J connectivity index is 1.56. The van der Waals surface area contributed by atoms with E-state index in [0.717, 1.165) is 11.3 Å². The topological polar surface area (TPSA) is 92.6 Å². The monoisotopic (exact) mass is 438 g/mol. The first-order chi connectivity index (χ1) is 14.9. The number of hydrogen-bond acceptors (Lipinski definition) is 7. The van der Waals surface area contributed by atoms with Gasteiger partial charge in [0.05, 0.1) is 25.2 Å². The molecule has 0 radical (unpaired) electrons. The Bertz CT molecular complexity index is 1090. The van der Waals surface area contributed by atoms with E-state index < -0.39 is 11.3 Å². The molecular formula is C22H22N4O4S. The van der Waals surface area contributed by atoms with Crippen LogP contribution in [0.1, 0.15) is 19.4 Å². The summed E-state index contributed by atoms with van der Waals surface area (Å²) in [6.45, 7) is 3.52. The van der Waals surface area contributed by atoms with Crippen LogP contribution in [0.5, 0.6) is 11.5 Å². The number of rotatable bonds is 5. The summed E-state index contributed by atoms with van der Waals surface area (Å²) in [5.74, 6) is 1.33. The quantitative estimate of drug-likeness (QED) is 0.772. The zero-order valence-electron chi connectivity index (χ0n) is 17.6. The third-order valence-corrected chi connectivity index (χ3v) is 5.98. The highest BCUT2D eigenvalue weighted by molar-refractivity contribution is 8.15. The number of anilines is 1. The number of carbonyl (C=O) groups excluding carboxylic acids is 2. The lowest BCUT2D eigenvalue weighted by atomic mass is 10.1. The molecule has 2 atom stereocenters. The van der Waals surface area contributed by atoms with Gasteiger partial charge in [-0.2, -0.15) is 0 Å². The first kappa shape index (κ1) is 20.9. The number of nitrogens with zero attached hydrogens (tertiary/aromatic N) is 3. The van der Waals surface area contributed by atoms with Gasteiger partial charge < -0.3 is 14.8 Å². The van der Waals surface area contributed by atoms with Crippen LogP contribution in [0.15, 0.2) is 52.4 Å². The summed E-state index contributed by atoms with van der Waals surface area (Å²) in [5.41, 5.74) is 2.09. The molecule has 0 unspecified atom stereocenters. The van der Waals surface area contributed by atoms with E-state index in [1.54, 1.807) is 46.3 Å². The SMILES string of the molecule is COc1cc(NC(=O)[C@H](C)SC2=Nc3ccccc3C3=N[C@H](C)C(=O)N23)cc(OC)c1. The predicted molar refractivity (Wildman–Crippen MR) is 122 cm³/mol. The smallest absolute Gasteiger partial charge is 0.258 e. The van der Waals surface area contributed by atoms with Crippen molar-refractivity contribution in [3.63, 3.8) is 0 Å². The lowest BCUT2D eigenvalue weighted by Crippen LogP contribution is -2.41. The minimum absolute atomic E-state index is 0.152. The summed E-state index contributed by atoms with van der Waals surface area (Å²) >= 11 is 1.21. The van der Waals surface area contributed by atoms with Gasteiger partial charge in [0, 0.05) is 29.4 Å². The molecule has 2 amide bonds. The van der Waals surface area contributed by atoms with E-state index in [1.165, 1.54) is 16.7 Å². The second-order valence-electron chi connectivity index (χ2n) is 7.06. The minimum Gasteiger partial charge on any atom is -0.497 e. The summed E-state index contributed by atoms with van der Waals surface area (Å²) < 4.78 is 10.5. The Morgan fingerprint density at radius 3 is 2.52 bits per heavy atom. The Labute approximate surface area is 184 Å². The lowest BCUT2D eigenvalue weighted by molar-refractivity contribution is -0.124. The number of benzene rings is 2. The number of aliphatic imine (C=N–C) groups is 2. The van der Waals surface area contributed by atoms with Gasteiger partial charge in [0.15, 0.2) is 5.17 Å². The van der Waals surface area contributed by atoms with Crippen LogP contribution in [0.3, 0.4) is 0 Å². The summed E-state index contributed by atoms with van der Waals surface area (Å²) in [6, 6.07) is 12.2. The molecular weight excluding hydrogens is 416 g/mol. The highest BCUT2D eigenvalue weighted by Gasteiger charge is 2.40. The van der Waals surface area contributed by atoms with E-state index in [4.69, 9.17) is 9.47 Å². The third kappa shape index (κ3) is 4.00. The van der Waals surface area contributed by atoms with Crippen molar-refractivity contribution in [2.24, 2.45) is 9.98 Å². The Morgan fingerprint density at radius 1 is 1.16 bits per heavy atom. The fourth-order valence-electron chi connectivity index (χ4n) is 3.29. The maximum Gasteiger partial charge on any atom is 0.258 e. The van der Waals surface area contributed by atoms with Crippen molar-refractivity contribution >= 4 is 46.0 Å². The van der Waals surface area contributed by atoms with Gasteiger partial charge in [0.25, 0.3) is 5.91 Å². The van der Waals surface area contributed by atoms with E-state index >= 15 is 0 Å². The largest absolute Gasteiger partial charge is 0.497 e. The summed E-state index contributed by atoms with van der Waals surface area (Å²) in [5, 5.41) is 2.79. The molecule has 2 aromatic rings. The first-order valence-corrected chi connectivity index (χ1v) is 10.6. The molecule has 0 saturated carbocycles. The summed E-state index contributed by atoms with van der Waals surface area (Å²) in [6.07, 6.45) is 0. The number of ether oxygens (including phenoxy) is 2. The molecule has 160 valence electrons. The molecule has 0 fully saturated rings. The second-order valence-corrected chi connectivity index (χ2v) is 8.37. The van der Waals surface area contributed by atoms with Crippen molar-refractivity contribution < 1.29 is 19.1 Å². The molecule has 8 nitrogen and oxygen atoms in total. The van der Waals surface area contributed by atoms with Crippen LogP contribution < -0.4 is 14.8 Å². The molecule has 9 heteroatoms. The average Bonchev–Trinajstić information content (AvgIpc) is 3.08. The van der Waals surface area contributed by atoms with Gasteiger partial charge in [-0.15, -0.1) is 0 Å². The molecule has 0 spiro atoms. The maximum absolute atomic E-state index is 12.9. The lowest BCUT2D eigenvalue weighted by Gasteiger charge is -2.26. The molecule has 2 heterocycles. The van der Waals surface area contributed by atoms with Gasteiger partial charge in [-0.1, -0.05) is 23.9 Å². The fourth-order valence-corrected chi connectivity index (χ4v) is 4.20. The number of nitrogens with one attached hydrogen (secondary N) is 1. The molecule has 2 aliphatic rings. The van der Waals surface area contributed by atoms with E-state index in [1.807, 2.05) is 24.3 Å².